The van der Waals surface area contributed by atoms with Crippen molar-refractivity contribution < 1.29 is 14.3 Å². The molecule has 0 aliphatic heterocycles. The van der Waals surface area contributed by atoms with Gasteiger partial charge in [0, 0.05) is 19.2 Å². The van der Waals surface area contributed by atoms with Crippen LogP contribution in [0.3, 0.4) is 0 Å². The van der Waals surface area contributed by atoms with Gasteiger partial charge in [0.05, 0.1) is 24.4 Å². The summed E-state index contributed by atoms with van der Waals surface area (Å²) in [4.78, 5) is 21.8. The average molecular weight is 440 g/mol. The number of hydrogen-bond acceptors (Lipinski definition) is 6. The van der Waals surface area contributed by atoms with Crippen molar-refractivity contribution in [3.8, 4) is 11.5 Å². The fourth-order valence-corrected chi connectivity index (χ4v) is 4.46. The van der Waals surface area contributed by atoms with E-state index in [1.54, 1.807) is 42.6 Å². The molecule has 1 aromatic heterocycles. The van der Waals surface area contributed by atoms with Crippen LogP contribution in [0.2, 0.25) is 0 Å². The van der Waals surface area contributed by atoms with Crippen LogP contribution in [-0.4, -0.2) is 57.2 Å². The first-order valence-corrected chi connectivity index (χ1v) is 10.9. The van der Waals surface area contributed by atoms with Crippen LogP contribution in [0.5, 0.6) is 11.5 Å². The van der Waals surface area contributed by atoms with Crippen LogP contribution in [-0.2, 0) is 4.79 Å². The van der Waals surface area contributed by atoms with E-state index in [1.807, 2.05) is 32.3 Å². The summed E-state index contributed by atoms with van der Waals surface area (Å²) >= 11 is 1.55. The number of fused-ring (bicyclic) bond motifs is 1. The lowest BCUT2D eigenvalue weighted by Gasteiger charge is -2.20. The van der Waals surface area contributed by atoms with Crippen LogP contribution in [0.1, 0.15) is 16.7 Å². The van der Waals surface area contributed by atoms with E-state index >= 15 is 0 Å². The molecule has 0 atom stereocenters. The van der Waals surface area contributed by atoms with Gasteiger partial charge in [-0.05, 0) is 68.9 Å². The van der Waals surface area contributed by atoms with E-state index in [0.29, 0.717) is 23.2 Å². The molecule has 3 rings (SSSR count). The molecule has 0 saturated heterocycles. The minimum atomic E-state index is -0.106. The Labute approximate surface area is 187 Å². The highest BCUT2D eigenvalue weighted by atomic mass is 32.1. The highest BCUT2D eigenvalue weighted by molar-refractivity contribution is 7.22. The number of methoxy groups -OCH3 is 2. The number of aromatic nitrogens is 1. The summed E-state index contributed by atoms with van der Waals surface area (Å²) in [6.07, 6.45) is 3.37. The predicted octanol–water partition coefficient (Wildman–Crippen LogP) is 4.54. The van der Waals surface area contributed by atoms with Gasteiger partial charge in [-0.1, -0.05) is 23.5 Å². The molecular formula is C24H29N3O3S. The quantitative estimate of drug-likeness (QED) is 0.483. The lowest BCUT2D eigenvalue weighted by Crippen LogP contribution is -2.35. The van der Waals surface area contributed by atoms with Gasteiger partial charge < -0.3 is 14.4 Å². The van der Waals surface area contributed by atoms with Crippen molar-refractivity contribution in [3.05, 3.63) is 53.1 Å². The van der Waals surface area contributed by atoms with Gasteiger partial charge >= 0.3 is 0 Å². The van der Waals surface area contributed by atoms with E-state index < -0.39 is 0 Å². The molecule has 1 amide bonds. The van der Waals surface area contributed by atoms with E-state index in [9.17, 15) is 4.79 Å². The van der Waals surface area contributed by atoms with E-state index in [0.717, 1.165) is 27.9 Å². The van der Waals surface area contributed by atoms with Crippen LogP contribution in [0, 0.1) is 13.8 Å². The van der Waals surface area contributed by atoms with Gasteiger partial charge in [0.1, 0.15) is 0 Å². The van der Waals surface area contributed by atoms with Crippen LogP contribution in [0.15, 0.2) is 36.4 Å². The molecule has 3 aromatic rings. The molecule has 0 spiro atoms. The molecule has 0 bridgehead atoms. The van der Waals surface area contributed by atoms with Crippen molar-refractivity contribution in [3.63, 3.8) is 0 Å². The number of carbonyl (C=O) groups is 1. The normalized spacial score (nSPS) is 11.5. The Morgan fingerprint density at radius 3 is 2.48 bits per heavy atom. The predicted molar refractivity (Wildman–Crippen MR) is 129 cm³/mol. The fourth-order valence-electron chi connectivity index (χ4n) is 3.29. The van der Waals surface area contributed by atoms with E-state index in [-0.39, 0.29) is 5.91 Å². The minimum absolute atomic E-state index is 0.106. The topological polar surface area (TPSA) is 54.9 Å². The maximum absolute atomic E-state index is 13.2. The summed E-state index contributed by atoms with van der Waals surface area (Å²) in [7, 11) is 7.18. The Hall–Kier alpha value is -2.90. The largest absolute Gasteiger partial charge is 0.493 e. The second-order valence-electron chi connectivity index (χ2n) is 7.67. The van der Waals surface area contributed by atoms with Crippen molar-refractivity contribution in [2.45, 2.75) is 13.8 Å². The number of thiazole rings is 1. The highest BCUT2D eigenvalue weighted by Gasteiger charge is 2.19. The zero-order chi connectivity index (χ0) is 22.5. The third-order valence-corrected chi connectivity index (χ3v) is 5.94. The number of carbonyl (C=O) groups excluding carboxylic acids is 1. The van der Waals surface area contributed by atoms with Crippen LogP contribution in [0.4, 0.5) is 5.13 Å². The van der Waals surface area contributed by atoms with Gasteiger partial charge in [0.15, 0.2) is 16.6 Å². The second-order valence-corrected chi connectivity index (χ2v) is 8.68. The Bertz CT molecular complexity index is 1100. The van der Waals surface area contributed by atoms with Gasteiger partial charge in [-0.25, -0.2) is 4.98 Å². The Kier molecular flexibility index (Phi) is 7.30. The lowest BCUT2D eigenvalue weighted by molar-refractivity contribution is -0.114. The van der Waals surface area contributed by atoms with Crippen LogP contribution < -0.4 is 14.4 Å². The van der Waals surface area contributed by atoms with E-state index in [2.05, 4.69) is 30.9 Å². The van der Waals surface area contributed by atoms with Crippen molar-refractivity contribution in [2.75, 3.05) is 46.3 Å². The second kappa shape index (κ2) is 9.94. The monoisotopic (exact) mass is 439 g/mol. The van der Waals surface area contributed by atoms with Crippen molar-refractivity contribution in [1.82, 2.24) is 9.88 Å². The summed E-state index contributed by atoms with van der Waals surface area (Å²) in [5, 5.41) is 0.715. The smallest absolute Gasteiger partial charge is 0.252 e. The van der Waals surface area contributed by atoms with Crippen molar-refractivity contribution >= 4 is 38.7 Å². The summed E-state index contributed by atoms with van der Waals surface area (Å²) in [5.41, 5.74) is 4.13. The Morgan fingerprint density at radius 1 is 1.06 bits per heavy atom. The number of ether oxygens (including phenoxy) is 2. The van der Waals surface area contributed by atoms with Gasteiger partial charge in [0.2, 0.25) is 0 Å². The average Bonchev–Trinajstić information content (AvgIpc) is 3.15. The molecule has 1 heterocycles. The first-order chi connectivity index (χ1) is 14.8. The first kappa shape index (κ1) is 22.8. The zero-order valence-electron chi connectivity index (χ0n) is 18.9. The van der Waals surface area contributed by atoms with Crippen molar-refractivity contribution in [1.29, 1.82) is 0 Å². The molecule has 31 heavy (non-hydrogen) atoms. The molecular weight excluding hydrogens is 410 g/mol. The van der Waals surface area contributed by atoms with Gasteiger partial charge in [-0.15, -0.1) is 0 Å². The number of aryl methyl sites for hydroxylation is 2. The van der Waals surface area contributed by atoms with Crippen LogP contribution >= 0.6 is 11.3 Å². The van der Waals surface area contributed by atoms with Gasteiger partial charge in [0.25, 0.3) is 5.91 Å². The molecule has 0 radical (unpaired) electrons. The van der Waals surface area contributed by atoms with Crippen LogP contribution in [0.25, 0.3) is 16.3 Å². The molecule has 0 saturated carbocycles. The van der Waals surface area contributed by atoms with Gasteiger partial charge in [-0.3, -0.25) is 9.69 Å². The highest BCUT2D eigenvalue weighted by Crippen LogP contribution is 2.32. The SMILES string of the molecule is COc1ccc(/C=C/C(=O)N(CCN(C)C)c2nc3c(C)cc(C)cc3s2)cc1OC. The number of anilines is 1. The number of nitrogens with zero attached hydrogens (tertiary/aromatic N) is 3. The van der Waals surface area contributed by atoms with Gasteiger partial charge in [-0.2, -0.15) is 0 Å². The molecule has 0 N–H and O–H groups in total. The third kappa shape index (κ3) is 5.42. The number of hydrogen-bond donors (Lipinski definition) is 0. The maximum Gasteiger partial charge on any atom is 0.252 e. The third-order valence-electron chi connectivity index (χ3n) is 4.91. The summed E-state index contributed by atoms with van der Waals surface area (Å²) in [6, 6.07) is 9.80. The van der Waals surface area contributed by atoms with E-state index in [4.69, 9.17) is 14.5 Å². The molecule has 0 unspecified atom stereocenters. The molecule has 6 nitrogen and oxygen atoms in total. The first-order valence-electron chi connectivity index (χ1n) is 10.1. The fraction of sp³-hybridized carbons (Fsp3) is 0.333. The molecule has 2 aromatic carbocycles. The number of amides is 1. The summed E-state index contributed by atoms with van der Waals surface area (Å²) in [6.45, 7) is 5.43. The maximum atomic E-state index is 13.2. The molecule has 0 aliphatic carbocycles. The zero-order valence-corrected chi connectivity index (χ0v) is 19.7. The standard InChI is InChI=1S/C24H29N3O3S/c1-16-13-17(2)23-21(14-16)31-24(25-23)27(12-11-26(3)4)22(28)10-8-18-7-9-19(29-5)20(15-18)30-6/h7-10,13-15H,11-12H2,1-6H3/b10-8+. The minimum Gasteiger partial charge on any atom is -0.493 e. The van der Waals surface area contributed by atoms with Crippen molar-refractivity contribution in [2.24, 2.45) is 0 Å². The summed E-state index contributed by atoms with van der Waals surface area (Å²) in [5.74, 6) is 1.17. The number of likely N-dealkylation sites (N-methyl/N-ethyl adjacent to an activating group) is 1. The Morgan fingerprint density at radius 2 is 1.81 bits per heavy atom. The lowest BCUT2D eigenvalue weighted by atomic mass is 10.1. The Balaban J connectivity index is 1.90. The molecule has 0 fully saturated rings. The van der Waals surface area contributed by atoms with E-state index in [1.165, 1.54) is 5.56 Å². The molecule has 0 aliphatic rings. The molecule has 7 heteroatoms. The summed E-state index contributed by atoms with van der Waals surface area (Å²) < 4.78 is 11.7. The number of rotatable bonds is 8. The number of benzene rings is 2. The molecule has 164 valence electrons.